The van der Waals surface area contributed by atoms with E-state index in [0.717, 1.165) is 16.7 Å². The molecule has 0 aliphatic heterocycles. The Morgan fingerprint density at radius 3 is 2.82 bits per heavy atom. The van der Waals surface area contributed by atoms with Crippen LogP contribution in [0.15, 0.2) is 24.3 Å². The Hall–Kier alpha value is -1.62. The van der Waals surface area contributed by atoms with Crippen LogP contribution in [-0.2, 0) is 6.54 Å². The first-order valence-electron chi connectivity index (χ1n) is 5.47. The van der Waals surface area contributed by atoms with Gasteiger partial charge in [-0.05, 0) is 24.6 Å². The minimum Gasteiger partial charge on any atom is -0.368 e. The van der Waals surface area contributed by atoms with Crippen LogP contribution in [0.3, 0.4) is 0 Å². The number of aryl methyl sites for hydroxylation is 1. The molecule has 5 heteroatoms. The molecule has 0 saturated heterocycles. The van der Waals surface area contributed by atoms with Gasteiger partial charge in [0.25, 0.3) is 0 Å². The van der Waals surface area contributed by atoms with Crippen molar-refractivity contribution in [2.24, 2.45) is 0 Å². The maximum atomic E-state index is 4.14. The van der Waals surface area contributed by atoms with Crippen molar-refractivity contribution in [3.63, 3.8) is 0 Å². The van der Waals surface area contributed by atoms with Gasteiger partial charge in [0.2, 0.25) is 5.13 Å². The molecule has 0 amide bonds. The summed E-state index contributed by atoms with van der Waals surface area (Å²) >= 11 is 1.59. The van der Waals surface area contributed by atoms with E-state index in [9.17, 15) is 0 Å². The van der Waals surface area contributed by atoms with E-state index in [-0.39, 0.29) is 0 Å². The van der Waals surface area contributed by atoms with E-state index in [1.165, 1.54) is 11.3 Å². The summed E-state index contributed by atoms with van der Waals surface area (Å²) in [6.45, 7) is 2.88. The SMILES string of the molecule is CNc1nnc(CN(C)c2cccc(C)c2)s1. The van der Waals surface area contributed by atoms with E-state index in [0.29, 0.717) is 0 Å². The standard InChI is InChI=1S/C12H16N4S/c1-9-5-4-6-10(7-9)16(3)8-11-14-15-12(13-2)17-11/h4-7H,8H2,1-3H3,(H,13,15). The molecule has 1 N–H and O–H groups in total. The first kappa shape index (κ1) is 11.9. The fourth-order valence-electron chi connectivity index (χ4n) is 1.58. The van der Waals surface area contributed by atoms with Gasteiger partial charge in [0.15, 0.2) is 0 Å². The zero-order chi connectivity index (χ0) is 12.3. The van der Waals surface area contributed by atoms with Gasteiger partial charge in [-0.25, -0.2) is 0 Å². The minimum absolute atomic E-state index is 0.781. The maximum Gasteiger partial charge on any atom is 0.205 e. The summed E-state index contributed by atoms with van der Waals surface area (Å²) < 4.78 is 0. The first-order chi connectivity index (χ1) is 8.19. The topological polar surface area (TPSA) is 41.1 Å². The predicted octanol–water partition coefficient (Wildman–Crippen LogP) is 2.52. The van der Waals surface area contributed by atoms with Crippen LogP contribution in [-0.4, -0.2) is 24.3 Å². The monoisotopic (exact) mass is 248 g/mol. The molecule has 90 valence electrons. The Bertz CT molecular complexity index is 495. The third-order valence-corrected chi connectivity index (χ3v) is 3.42. The molecule has 1 aromatic carbocycles. The summed E-state index contributed by atoms with van der Waals surface area (Å²) in [4.78, 5) is 2.17. The molecule has 0 saturated carbocycles. The van der Waals surface area contributed by atoms with Gasteiger partial charge in [-0.3, -0.25) is 0 Å². The summed E-state index contributed by atoms with van der Waals surface area (Å²) in [5, 5.41) is 13.0. The van der Waals surface area contributed by atoms with Crippen LogP contribution < -0.4 is 10.2 Å². The fraction of sp³-hybridized carbons (Fsp3) is 0.333. The smallest absolute Gasteiger partial charge is 0.205 e. The molecule has 0 aliphatic rings. The summed E-state index contributed by atoms with van der Waals surface area (Å²) in [6.07, 6.45) is 0. The highest BCUT2D eigenvalue weighted by Gasteiger charge is 2.07. The van der Waals surface area contributed by atoms with Crippen LogP contribution >= 0.6 is 11.3 Å². The number of aromatic nitrogens is 2. The van der Waals surface area contributed by atoms with Crippen molar-refractivity contribution < 1.29 is 0 Å². The predicted molar refractivity (Wildman–Crippen MR) is 72.7 cm³/mol. The second-order valence-electron chi connectivity index (χ2n) is 3.95. The molecular formula is C12H16N4S. The molecule has 17 heavy (non-hydrogen) atoms. The van der Waals surface area contributed by atoms with E-state index in [1.807, 2.05) is 7.05 Å². The van der Waals surface area contributed by atoms with Gasteiger partial charge in [0.1, 0.15) is 5.01 Å². The van der Waals surface area contributed by atoms with Crippen molar-refractivity contribution in [1.82, 2.24) is 10.2 Å². The summed E-state index contributed by atoms with van der Waals surface area (Å²) in [5.74, 6) is 0. The Labute approximate surface area is 105 Å². The average molecular weight is 248 g/mol. The van der Waals surface area contributed by atoms with Crippen molar-refractivity contribution in [2.45, 2.75) is 13.5 Å². The molecule has 0 bridgehead atoms. The molecule has 0 aliphatic carbocycles. The lowest BCUT2D eigenvalue weighted by Gasteiger charge is -2.17. The number of nitrogens with one attached hydrogen (secondary N) is 1. The molecule has 2 aromatic rings. The molecule has 0 spiro atoms. The van der Waals surface area contributed by atoms with Crippen LogP contribution in [0, 0.1) is 6.92 Å². The van der Waals surface area contributed by atoms with Crippen LogP contribution in [0.25, 0.3) is 0 Å². The van der Waals surface area contributed by atoms with Crippen LogP contribution in [0.1, 0.15) is 10.6 Å². The Kier molecular flexibility index (Phi) is 3.58. The number of nitrogens with zero attached hydrogens (tertiary/aromatic N) is 3. The van der Waals surface area contributed by atoms with Crippen molar-refractivity contribution in [3.05, 3.63) is 34.8 Å². The summed E-state index contributed by atoms with van der Waals surface area (Å²) in [5.41, 5.74) is 2.47. The first-order valence-corrected chi connectivity index (χ1v) is 6.28. The lowest BCUT2D eigenvalue weighted by Crippen LogP contribution is -2.16. The molecule has 0 radical (unpaired) electrons. The fourth-order valence-corrected chi connectivity index (χ4v) is 2.32. The highest BCUT2D eigenvalue weighted by molar-refractivity contribution is 7.15. The van der Waals surface area contributed by atoms with Gasteiger partial charge >= 0.3 is 0 Å². The number of hydrogen-bond acceptors (Lipinski definition) is 5. The van der Waals surface area contributed by atoms with E-state index < -0.39 is 0 Å². The molecule has 0 unspecified atom stereocenters. The Morgan fingerprint density at radius 2 is 2.18 bits per heavy atom. The molecule has 4 nitrogen and oxygen atoms in total. The Morgan fingerprint density at radius 1 is 1.35 bits per heavy atom. The third kappa shape index (κ3) is 2.94. The largest absolute Gasteiger partial charge is 0.368 e. The minimum atomic E-state index is 0.781. The number of benzene rings is 1. The highest BCUT2D eigenvalue weighted by Crippen LogP contribution is 2.20. The van der Waals surface area contributed by atoms with Crippen molar-refractivity contribution in [1.29, 1.82) is 0 Å². The van der Waals surface area contributed by atoms with E-state index in [1.54, 1.807) is 11.3 Å². The van der Waals surface area contributed by atoms with E-state index >= 15 is 0 Å². The van der Waals surface area contributed by atoms with Crippen molar-refractivity contribution in [3.8, 4) is 0 Å². The number of anilines is 2. The highest BCUT2D eigenvalue weighted by atomic mass is 32.1. The third-order valence-electron chi connectivity index (χ3n) is 2.50. The number of hydrogen-bond donors (Lipinski definition) is 1. The molecule has 1 aromatic heterocycles. The van der Waals surface area contributed by atoms with Gasteiger partial charge in [0.05, 0.1) is 6.54 Å². The number of rotatable bonds is 4. The second kappa shape index (κ2) is 5.14. The van der Waals surface area contributed by atoms with E-state index in [4.69, 9.17) is 0 Å². The van der Waals surface area contributed by atoms with Crippen LogP contribution in [0.4, 0.5) is 10.8 Å². The van der Waals surface area contributed by atoms with Gasteiger partial charge < -0.3 is 10.2 Å². The van der Waals surface area contributed by atoms with E-state index in [2.05, 4.69) is 58.7 Å². The Balaban J connectivity index is 2.08. The lowest BCUT2D eigenvalue weighted by molar-refractivity contribution is 0.880. The van der Waals surface area contributed by atoms with Gasteiger partial charge in [-0.2, -0.15) is 0 Å². The van der Waals surface area contributed by atoms with Crippen molar-refractivity contribution in [2.75, 3.05) is 24.3 Å². The molecular weight excluding hydrogens is 232 g/mol. The molecule has 0 atom stereocenters. The molecule has 2 rings (SSSR count). The lowest BCUT2D eigenvalue weighted by atomic mass is 10.2. The van der Waals surface area contributed by atoms with Crippen molar-refractivity contribution >= 4 is 22.2 Å². The zero-order valence-electron chi connectivity index (χ0n) is 10.3. The summed E-state index contributed by atoms with van der Waals surface area (Å²) in [6, 6.07) is 8.44. The normalized spacial score (nSPS) is 10.3. The quantitative estimate of drug-likeness (QED) is 0.902. The van der Waals surface area contributed by atoms with Gasteiger partial charge in [-0.1, -0.05) is 23.5 Å². The van der Waals surface area contributed by atoms with Crippen LogP contribution in [0.2, 0.25) is 0 Å². The van der Waals surface area contributed by atoms with Gasteiger partial charge in [-0.15, -0.1) is 10.2 Å². The summed E-state index contributed by atoms with van der Waals surface area (Å²) in [7, 11) is 3.92. The zero-order valence-corrected chi connectivity index (χ0v) is 11.1. The van der Waals surface area contributed by atoms with Gasteiger partial charge in [0, 0.05) is 19.8 Å². The van der Waals surface area contributed by atoms with Crippen LogP contribution in [0.5, 0.6) is 0 Å². The maximum absolute atomic E-state index is 4.14. The second-order valence-corrected chi connectivity index (χ2v) is 5.01. The molecule has 1 heterocycles. The average Bonchev–Trinajstić information content (AvgIpc) is 2.77. The molecule has 0 fully saturated rings.